The monoisotopic (exact) mass is 454 g/mol. The summed E-state index contributed by atoms with van der Waals surface area (Å²) in [6.07, 6.45) is 0. The number of benzene rings is 2. The van der Waals surface area contributed by atoms with Crippen molar-refractivity contribution in [3.63, 3.8) is 0 Å². The van der Waals surface area contributed by atoms with Gasteiger partial charge in [0.05, 0.1) is 10.9 Å². The topological polar surface area (TPSA) is 75.7 Å². The van der Waals surface area contributed by atoms with Gasteiger partial charge in [-0.1, -0.05) is 28.1 Å². The molecule has 0 unspecified atom stereocenters. The average Bonchev–Trinajstić information content (AvgIpc) is 2.60. The molecular weight excluding hydrogens is 432 g/mol. The molecule has 8 heteroatoms. The lowest BCUT2D eigenvalue weighted by atomic mass is 10.1. The minimum atomic E-state index is -3.50. The molecule has 0 bridgehead atoms. The zero-order chi connectivity index (χ0) is 20.2. The molecule has 0 radical (unpaired) electrons. The van der Waals surface area contributed by atoms with E-state index in [9.17, 15) is 13.2 Å². The predicted molar refractivity (Wildman–Crippen MR) is 108 cm³/mol. The third kappa shape index (κ3) is 5.54. The molecule has 0 aliphatic carbocycles. The lowest BCUT2D eigenvalue weighted by Crippen LogP contribution is -2.31. The zero-order valence-electron chi connectivity index (χ0n) is 15.7. The number of aryl methyl sites for hydroxylation is 1. The van der Waals surface area contributed by atoms with Crippen LogP contribution in [0.25, 0.3) is 0 Å². The van der Waals surface area contributed by atoms with E-state index in [1.807, 2.05) is 31.2 Å². The summed E-state index contributed by atoms with van der Waals surface area (Å²) in [5.41, 5.74) is 1.62. The minimum absolute atomic E-state index is 0.154. The highest BCUT2D eigenvalue weighted by molar-refractivity contribution is 9.10. The van der Waals surface area contributed by atoms with Crippen LogP contribution in [0.2, 0.25) is 0 Å². The molecule has 0 aromatic heterocycles. The summed E-state index contributed by atoms with van der Waals surface area (Å²) in [7, 11) is -0.547. The Kier molecular flexibility index (Phi) is 7.02. The van der Waals surface area contributed by atoms with Crippen LogP contribution in [-0.2, 0) is 14.8 Å². The number of halogens is 1. The van der Waals surface area contributed by atoms with Crippen molar-refractivity contribution in [1.29, 1.82) is 0 Å². The van der Waals surface area contributed by atoms with Crippen LogP contribution in [0.5, 0.6) is 5.75 Å². The van der Waals surface area contributed by atoms with Crippen molar-refractivity contribution in [2.24, 2.45) is 0 Å². The van der Waals surface area contributed by atoms with Crippen molar-refractivity contribution in [1.82, 2.24) is 9.62 Å². The highest BCUT2D eigenvalue weighted by atomic mass is 79.9. The Morgan fingerprint density at radius 2 is 1.93 bits per heavy atom. The maximum Gasteiger partial charge on any atom is 0.258 e. The van der Waals surface area contributed by atoms with Crippen LogP contribution in [0, 0.1) is 6.92 Å². The van der Waals surface area contributed by atoms with E-state index >= 15 is 0 Å². The van der Waals surface area contributed by atoms with E-state index in [1.54, 1.807) is 13.0 Å². The summed E-state index contributed by atoms with van der Waals surface area (Å²) < 4.78 is 32.0. The molecule has 0 aliphatic rings. The fourth-order valence-electron chi connectivity index (χ4n) is 2.44. The average molecular weight is 455 g/mol. The fourth-order valence-corrected chi connectivity index (χ4v) is 3.85. The Morgan fingerprint density at radius 1 is 1.22 bits per heavy atom. The van der Waals surface area contributed by atoms with Crippen LogP contribution in [0.4, 0.5) is 0 Å². The lowest BCUT2D eigenvalue weighted by Gasteiger charge is -2.16. The van der Waals surface area contributed by atoms with Gasteiger partial charge in [-0.2, -0.15) is 0 Å². The third-order valence-electron chi connectivity index (χ3n) is 4.01. The highest BCUT2D eigenvalue weighted by Gasteiger charge is 2.18. The summed E-state index contributed by atoms with van der Waals surface area (Å²) in [4.78, 5) is 12.3. The second-order valence-corrected chi connectivity index (χ2v) is 9.42. The molecule has 146 valence electrons. The van der Waals surface area contributed by atoms with Crippen molar-refractivity contribution in [2.45, 2.75) is 24.8 Å². The molecule has 1 N–H and O–H groups in total. The summed E-state index contributed by atoms with van der Waals surface area (Å²) in [6, 6.07) is 12.1. The lowest BCUT2D eigenvalue weighted by molar-refractivity contribution is -0.123. The Hall–Kier alpha value is -1.90. The Labute approximate surface area is 168 Å². The predicted octanol–water partition coefficient (Wildman–Crippen LogP) is 3.26. The molecule has 1 atom stereocenters. The quantitative estimate of drug-likeness (QED) is 0.696. The molecule has 0 saturated heterocycles. The second kappa shape index (κ2) is 8.86. The largest absolute Gasteiger partial charge is 0.484 e. The van der Waals surface area contributed by atoms with Crippen molar-refractivity contribution in [3.8, 4) is 5.75 Å². The molecule has 0 saturated carbocycles. The SMILES string of the molecule is Cc1cc(S(=O)(=O)N(C)C)ccc1OCC(=O)N[C@H](C)c1cccc(Br)c1. The number of sulfonamides is 1. The van der Waals surface area contributed by atoms with E-state index in [0.717, 1.165) is 14.3 Å². The van der Waals surface area contributed by atoms with Crippen LogP contribution in [-0.4, -0.2) is 39.3 Å². The number of carbonyl (C=O) groups excluding carboxylic acids is 1. The van der Waals surface area contributed by atoms with Gasteiger partial charge >= 0.3 is 0 Å². The number of nitrogens with zero attached hydrogens (tertiary/aromatic N) is 1. The first-order chi connectivity index (χ1) is 12.6. The van der Waals surface area contributed by atoms with Gasteiger partial charge in [-0.15, -0.1) is 0 Å². The van der Waals surface area contributed by atoms with Gasteiger partial charge in [-0.3, -0.25) is 4.79 Å². The summed E-state index contributed by atoms with van der Waals surface area (Å²) in [6.45, 7) is 3.48. The van der Waals surface area contributed by atoms with Gasteiger partial charge < -0.3 is 10.1 Å². The van der Waals surface area contributed by atoms with Crippen molar-refractivity contribution >= 4 is 31.9 Å². The molecule has 0 aliphatic heterocycles. The number of ether oxygens (including phenoxy) is 1. The van der Waals surface area contributed by atoms with E-state index in [-0.39, 0.29) is 23.5 Å². The fraction of sp³-hybridized carbons (Fsp3) is 0.316. The maximum atomic E-state index is 12.2. The van der Waals surface area contributed by atoms with Crippen LogP contribution in [0.15, 0.2) is 51.8 Å². The van der Waals surface area contributed by atoms with Gasteiger partial charge in [0.15, 0.2) is 6.61 Å². The van der Waals surface area contributed by atoms with Crippen LogP contribution in [0.1, 0.15) is 24.1 Å². The summed E-state index contributed by atoms with van der Waals surface area (Å²) >= 11 is 3.41. The molecule has 0 heterocycles. The van der Waals surface area contributed by atoms with Gasteiger partial charge in [0.1, 0.15) is 5.75 Å². The summed E-state index contributed by atoms with van der Waals surface area (Å²) in [5.74, 6) is 0.213. The number of nitrogens with one attached hydrogen (secondary N) is 1. The van der Waals surface area contributed by atoms with E-state index in [1.165, 1.54) is 26.2 Å². The second-order valence-electron chi connectivity index (χ2n) is 6.35. The molecule has 2 rings (SSSR count). The molecule has 0 spiro atoms. The first-order valence-electron chi connectivity index (χ1n) is 8.32. The van der Waals surface area contributed by atoms with Crippen LogP contribution < -0.4 is 10.1 Å². The van der Waals surface area contributed by atoms with Gasteiger partial charge in [0.25, 0.3) is 5.91 Å². The minimum Gasteiger partial charge on any atom is -0.484 e. The van der Waals surface area contributed by atoms with Gasteiger partial charge in [0.2, 0.25) is 10.0 Å². The van der Waals surface area contributed by atoms with Crippen molar-refractivity contribution in [2.75, 3.05) is 20.7 Å². The first kappa shape index (κ1) is 21.4. The van der Waals surface area contributed by atoms with E-state index in [4.69, 9.17) is 4.74 Å². The number of hydrogen-bond acceptors (Lipinski definition) is 4. The van der Waals surface area contributed by atoms with Crippen LogP contribution >= 0.6 is 15.9 Å². The van der Waals surface area contributed by atoms with Crippen molar-refractivity contribution in [3.05, 3.63) is 58.1 Å². The highest BCUT2D eigenvalue weighted by Crippen LogP contribution is 2.23. The zero-order valence-corrected chi connectivity index (χ0v) is 18.1. The number of hydrogen-bond donors (Lipinski definition) is 1. The first-order valence-corrected chi connectivity index (χ1v) is 10.6. The standard InChI is InChI=1S/C19H23BrN2O4S/c1-13-10-17(27(24,25)22(3)4)8-9-18(13)26-12-19(23)21-14(2)15-6-5-7-16(20)11-15/h5-11,14H,12H2,1-4H3,(H,21,23)/t14-/m1/s1. The van der Waals surface area contributed by atoms with E-state index < -0.39 is 10.0 Å². The van der Waals surface area contributed by atoms with E-state index in [0.29, 0.717) is 11.3 Å². The maximum absolute atomic E-state index is 12.2. The Balaban J connectivity index is 1.99. The third-order valence-corrected chi connectivity index (χ3v) is 6.31. The molecule has 2 aromatic rings. The van der Waals surface area contributed by atoms with Crippen LogP contribution in [0.3, 0.4) is 0 Å². The van der Waals surface area contributed by atoms with Gasteiger partial charge in [-0.25, -0.2) is 12.7 Å². The number of amides is 1. The summed E-state index contributed by atoms with van der Waals surface area (Å²) in [5, 5.41) is 2.88. The molecule has 6 nitrogen and oxygen atoms in total. The smallest absolute Gasteiger partial charge is 0.258 e. The molecule has 1 amide bonds. The number of carbonyl (C=O) groups is 1. The Morgan fingerprint density at radius 3 is 2.52 bits per heavy atom. The number of rotatable bonds is 7. The molecular formula is C19H23BrN2O4S. The van der Waals surface area contributed by atoms with Gasteiger partial charge in [0, 0.05) is 18.6 Å². The van der Waals surface area contributed by atoms with Gasteiger partial charge in [-0.05, 0) is 55.3 Å². The van der Waals surface area contributed by atoms with E-state index in [2.05, 4.69) is 21.2 Å². The Bertz CT molecular complexity index is 929. The normalized spacial score (nSPS) is 12.7. The molecule has 0 fully saturated rings. The molecule has 2 aromatic carbocycles. The van der Waals surface area contributed by atoms with Crippen molar-refractivity contribution < 1.29 is 17.9 Å². The molecule has 27 heavy (non-hydrogen) atoms.